The minimum absolute atomic E-state index is 0.219. The van der Waals surface area contributed by atoms with Gasteiger partial charge in [-0.2, -0.15) is 0 Å². The molecule has 88 valence electrons. The number of rotatable bonds is 4. The van der Waals surface area contributed by atoms with Gasteiger partial charge in [-0.25, -0.2) is 4.39 Å². The summed E-state index contributed by atoms with van der Waals surface area (Å²) in [5.74, 6) is 1.27. The monoisotopic (exact) mass is 223 g/mol. The molecule has 0 amide bonds. The fourth-order valence-corrected chi connectivity index (χ4v) is 2.04. The van der Waals surface area contributed by atoms with Crippen LogP contribution in [0.15, 0.2) is 24.3 Å². The van der Waals surface area contributed by atoms with Gasteiger partial charge in [-0.05, 0) is 62.5 Å². The molecule has 0 aliphatic carbocycles. The van der Waals surface area contributed by atoms with Gasteiger partial charge in [-0.1, -0.05) is 0 Å². The maximum Gasteiger partial charge on any atom is 0.123 e. The lowest BCUT2D eigenvalue weighted by Crippen LogP contribution is -2.30. The van der Waals surface area contributed by atoms with E-state index in [1.807, 2.05) is 0 Å². The minimum atomic E-state index is -0.219. The summed E-state index contributed by atoms with van der Waals surface area (Å²) in [4.78, 5) is 0. The number of hydrogen-bond donors (Lipinski definition) is 1. The molecule has 2 rings (SSSR count). The summed E-state index contributed by atoms with van der Waals surface area (Å²) in [6.45, 7) is 2.97. The predicted molar refractivity (Wildman–Crippen MR) is 62.1 cm³/mol. The molecule has 1 aromatic carbocycles. The molecule has 1 N–H and O–H groups in total. The van der Waals surface area contributed by atoms with E-state index in [1.54, 1.807) is 12.1 Å². The smallest absolute Gasteiger partial charge is 0.123 e. The number of ether oxygens (including phenoxy) is 1. The summed E-state index contributed by atoms with van der Waals surface area (Å²) in [5.41, 5.74) is 0. The molecule has 1 aliphatic rings. The molecule has 1 atom stereocenters. The van der Waals surface area contributed by atoms with E-state index in [4.69, 9.17) is 4.74 Å². The molecule has 1 aromatic rings. The van der Waals surface area contributed by atoms with Gasteiger partial charge in [0.25, 0.3) is 0 Å². The van der Waals surface area contributed by atoms with Crippen molar-refractivity contribution in [3.05, 3.63) is 30.1 Å². The SMILES string of the molecule is Fc1ccc(OCC[C@H]2CCCNC2)cc1. The highest BCUT2D eigenvalue weighted by atomic mass is 19.1. The van der Waals surface area contributed by atoms with Gasteiger partial charge in [0.1, 0.15) is 11.6 Å². The predicted octanol–water partition coefficient (Wildman–Crippen LogP) is 2.59. The van der Waals surface area contributed by atoms with E-state index in [0.29, 0.717) is 0 Å². The topological polar surface area (TPSA) is 21.3 Å². The zero-order valence-electron chi connectivity index (χ0n) is 9.42. The molecule has 0 spiro atoms. The maximum atomic E-state index is 12.6. The van der Waals surface area contributed by atoms with Crippen molar-refractivity contribution in [3.8, 4) is 5.75 Å². The molecule has 0 bridgehead atoms. The van der Waals surface area contributed by atoms with E-state index in [-0.39, 0.29) is 5.82 Å². The molecule has 0 saturated carbocycles. The molecule has 0 radical (unpaired) electrons. The Morgan fingerprint density at radius 3 is 2.81 bits per heavy atom. The Morgan fingerprint density at radius 1 is 1.31 bits per heavy atom. The number of hydrogen-bond acceptors (Lipinski definition) is 2. The summed E-state index contributed by atoms with van der Waals surface area (Å²) in [6.07, 6.45) is 3.63. The Kier molecular flexibility index (Phi) is 4.17. The molecule has 1 aliphatic heterocycles. The summed E-state index contributed by atoms with van der Waals surface area (Å²) >= 11 is 0. The van der Waals surface area contributed by atoms with Crippen LogP contribution in [0.2, 0.25) is 0 Å². The molecule has 1 heterocycles. The molecule has 16 heavy (non-hydrogen) atoms. The fourth-order valence-electron chi connectivity index (χ4n) is 2.04. The first-order chi connectivity index (χ1) is 7.84. The quantitative estimate of drug-likeness (QED) is 0.847. The lowest BCUT2D eigenvalue weighted by molar-refractivity contribution is 0.254. The summed E-state index contributed by atoms with van der Waals surface area (Å²) in [5, 5.41) is 3.39. The molecule has 0 unspecified atom stereocenters. The number of benzene rings is 1. The fraction of sp³-hybridized carbons (Fsp3) is 0.538. The zero-order chi connectivity index (χ0) is 11.2. The second kappa shape index (κ2) is 5.85. The van der Waals surface area contributed by atoms with Crippen LogP contribution in [0.25, 0.3) is 0 Å². The molecule has 1 saturated heterocycles. The van der Waals surface area contributed by atoms with Gasteiger partial charge in [0.15, 0.2) is 0 Å². The Labute approximate surface area is 95.8 Å². The highest BCUT2D eigenvalue weighted by Gasteiger charge is 2.12. The zero-order valence-corrected chi connectivity index (χ0v) is 9.42. The van der Waals surface area contributed by atoms with Crippen molar-refractivity contribution < 1.29 is 9.13 Å². The third-order valence-corrected chi connectivity index (χ3v) is 3.01. The van der Waals surface area contributed by atoms with Gasteiger partial charge in [0, 0.05) is 0 Å². The largest absolute Gasteiger partial charge is 0.494 e. The van der Waals surface area contributed by atoms with Crippen LogP contribution in [0.4, 0.5) is 4.39 Å². The lowest BCUT2D eigenvalue weighted by Gasteiger charge is -2.22. The van der Waals surface area contributed by atoms with Crippen molar-refractivity contribution in [2.75, 3.05) is 19.7 Å². The molecular formula is C13H18FNO. The molecule has 2 nitrogen and oxygen atoms in total. The van der Waals surface area contributed by atoms with Crippen molar-refractivity contribution in [2.45, 2.75) is 19.3 Å². The van der Waals surface area contributed by atoms with Crippen LogP contribution in [-0.4, -0.2) is 19.7 Å². The minimum Gasteiger partial charge on any atom is -0.494 e. The average molecular weight is 223 g/mol. The van der Waals surface area contributed by atoms with Crippen molar-refractivity contribution in [1.29, 1.82) is 0 Å². The van der Waals surface area contributed by atoms with E-state index < -0.39 is 0 Å². The van der Waals surface area contributed by atoms with E-state index in [2.05, 4.69) is 5.32 Å². The molecule has 0 aromatic heterocycles. The Balaban J connectivity index is 1.69. The van der Waals surface area contributed by atoms with E-state index >= 15 is 0 Å². The second-order valence-corrected chi connectivity index (χ2v) is 4.30. The third kappa shape index (κ3) is 3.49. The summed E-state index contributed by atoms with van der Waals surface area (Å²) in [7, 11) is 0. The van der Waals surface area contributed by atoms with Crippen LogP contribution in [0, 0.1) is 11.7 Å². The van der Waals surface area contributed by atoms with Crippen LogP contribution in [0.1, 0.15) is 19.3 Å². The van der Waals surface area contributed by atoms with Gasteiger partial charge in [0.2, 0.25) is 0 Å². The lowest BCUT2D eigenvalue weighted by atomic mass is 9.97. The third-order valence-electron chi connectivity index (χ3n) is 3.01. The first-order valence-electron chi connectivity index (χ1n) is 5.94. The summed E-state index contributed by atoms with van der Waals surface area (Å²) in [6, 6.07) is 6.21. The molecular weight excluding hydrogens is 205 g/mol. The van der Waals surface area contributed by atoms with Crippen molar-refractivity contribution in [2.24, 2.45) is 5.92 Å². The summed E-state index contributed by atoms with van der Waals surface area (Å²) < 4.78 is 18.2. The number of nitrogens with one attached hydrogen (secondary N) is 1. The Hall–Kier alpha value is -1.09. The van der Waals surface area contributed by atoms with Crippen molar-refractivity contribution >= 4 is 0 Å². The van der Waals surface area contributed by atoms with E-state index in [9.17, 15) is 4.39 Å². The normalized spacial score (nSPS) is 20.7. The maximum absolute atomic E-state index is 12.6. The highest BCUT2D eigenvalue weighted by Crippen LogP contribution is 2.16. The van der Waals surface area contributed by atoms with Gasteiger partial charge >= 0.3 is 0 Å². The van der Waals surface area contributed by atoms with Crippen LogP contribution in [0.5, 0.6) is 5.75 Å². The highest BCUT2D eigenvalue weighted by molar-refractivity contribution is 5.21. The van der Waals surface area contributed by atoms with Gasteiger partial charge in [-0.3, -0.25) is 0 Å². The Bertz CT molecular complexity index is 306. The van der Waals surface area contributed by atoms with Crippen LogP contribution in [-0.2, 0) is 0 Å². The van der Waals surface area contributed by atoms with Gasteiger partial charge < -0.3 is 10.1 Å². The van der Waals surface area contributed by atoms with Gasteiger partial charge in [-0.15, -0.1) is 0 Å². The van der Waals surface area contributed by atoms with Crippen LogP contribution < -0.4 is 10.1 Å². The van der Waals surface area contributed by atoms with Crippen molar-refractivity contribution in [1.82, 2.24) is 5.32 Å². The Morgan fingerprint density at radius 2 is 2.12 bits per heavy atom. The van der Waals surface area contributed by atoms with Crippen LogP contribution in [0.3, 0.4) is 0 Å². The van der Waals surface area contributed by atoms with E-state index in [0.717, 1.165) is 37.8 Å². The van der Waals surface area contributed by atoms with Gasteiger partial charge in [0.05, 0.1) is 6.61 Å². The molecule has 3 heteroatoms. The van der Waals surface area contributed by atoms with Crippen LogP contribution >= 0.6 is 0 Å². The first kappa shape index (κ1) is 11.4. The van der Waals surface area contributed by atoms with Crippen molar-refractivity contribution in [3.63, 3.8) is 0 Å². The second-order valence-electron chi connectivity index (χ2n) is 4.30. The number of halogens is 1. The standard InChI is InChI=1S/C13H18FNO/c14-12-3-5-13(6-4-12)16-9-7-11-2-1-8-15-10-11/h3-6,11,15H,1-2,7-10H2/t11-/m1/s1. The first-order valence-corrected chi connectivity index (χ1v) is 5.94. The van der Waals surface area contributed by atoms with E-state index in [1.165, 1.54) is 25.0 Å². The number of piperidine rings is 1. The average Bonchev–Trinajstić information content (AvgIpc) is 2.33. The molecule has 1 fully saturated rings.